The number of aromatic nitrogens is 2. The summed E-state index contributed by atoms with van der Waals surface area (Å²) in [6, 6.07) is 19.5. The second-order valence-corrected chi connectivity index (χ2v) is 6.66. The van der Waals surface area contributed by atoms with Crippen molar-refractivity contribution in [2.75, 3.05) is 0 Å². The Bertz CT molecular complexity index is 1050. The van der Waals surface area contributed by atoms with Gasteiger partial charge in [-0.1, -0.05) is 65.7 Å². The number of halogens is 2. The molecular formula is C21H14Cl2N2O. The SMILES string of the molecule is Clc1ccc(OC(c2cncnc2)c2cccc3ccccc23)c(Cl)c1. The van der Waals surface area contributed by atoms with Gasteiger partial charge in [-0.05, 0) is 29.0 Å². The minimum atomic E-state index is -0.402. The van der Waals surface area contributed by atoms with Crippen molar-refractivity contribution in [3.8, 4) is 5.75 Å². The third kappa shape index (κ3) is 3.36. The van der Waals surface area contributed by atoms with Crippen LogP contribution in [0.5, 0.6) is 5.75 Å². The number of nitrogens with zero attached hydrogens (tertiary/aromatic N) is 2. The van der Waals surface area contributed by atoms with Crippen molar-refractivity contribution in [3.05, 3.63) is 101 Å². The molecule has 0 bridgehead atoms. The Balaban J connectivity index is 1.86. The summed E-state index contributed by atoms with van der Waals surface area (Å²) in [5.41, 5.74) is 1.86. The molecule has 0 aliphatic carbocycles. The molecule has 5 heteroatoms. The second-order valence-electron chi connectivity index (χ2n) is 5.81. The van der Waals surface area contributed by atoms with Crippen LogP contribution in [0.3, 0.4) is 0 Å². The van der Waals surface area contributed by atoms with E-state index in [0.29, 0.717) is 15.8 Å². The van der Waals surface area contributed by atoms with Crippen LogP contribution in [-0.4, -0.2) is 9.97 Å². The van der Waals surface area contributed by atoms with Crippen molar-refractivity contribution >= 4 is 34.0 Å². The van der Waals surface area contributed by atoms with Gasteiger partial charge in [0, 0.05) is 28.5 Å². The lowest BCUT2D eigenvalue weighted by molar-refractivity contribution is 0.248. The number of benzene rings is 3. The Hall–Kier alpha value is -2.62. The topological polar surface area (TPSA) is 35.0 Å². The minimum absolute atomic E-state index is 0.402. The van der Waals surface area contributed by atoms with Gasteiger partial charge in [-0.2, -0.15) is 0 Å². The van der Waals surface area contributed by atoms with E-state index >= 15 is 0 Å². The Kier molecular flexibility index (Phi) is 4.74. The molecule has 128 valence electrons. The van der Waals surface area contributed by atoms with E-state index in [9.17, 15) is 0 Å². The molecule has 4 rings (SSSR count). The first-order valence-corrected chi connectivity index (χ1v) is 8.82. The van der Waals surface area contributed by atoms with Crippen LogP contribution in [0.2, 0.25) is 10.0 Å². The fourth-order valence-corrected chi connectivity index (χ4v) is 3.39. The highest BCUT2D eigenvalue weighted by Crippen LogP contribution is 2.36. The summed E-state index contributed by atoms with van der Waals surface area (Å²) in [6.07, 6.45) is 4.60. The van der Waals surface area contributed by atoms with E-state index in [1.807, 2.05) is 24.3 Å². The van der Waals surface area contributed by atoms with E-state index in [4.69, 9.17) is 27.9 Å². The fraction of sp³-hybridized carbons (Fsp3) is 0.0476. The van der Waals surface area contributed by atoms with Gasteiger partial charge in [0.15, 0.2) is 6.10 Å². The largest absolute Gasteiger partial charge is 0.479 e. The van der Waals surface area contributed by atoms with Gasteiger partial charge in [-0.25, -0.2) is 9.97 Å². The quantitative estimate of drug-likeness (QED) is 0.428. The molecule has 0 aliphatic heterocycles. The maximum absolute atomic E-state index is 6.33. The summed E-state index contributed by atoms with van der Waals surface area (Å²) in [5, 5.41) is 3.26. The molecule has 0 radical (unpaired) electrons. The number of hydrogen-bond acceptors (Lipinski definition) is 3. The van der Waals surface area contributed by atoms with Gasteiger partial charge in [-0.3, -0.25) is 0 Å². The molecule has 1 unspecified atom stereocenters. The van der Waals surface area contributed by atoms with Crippen LogP contribution >= 0.6 is 23.2 Å². The maximum Gasteiger partial charge on any atom is 0.152 e. The van der Waals surface area contributed by atoms with Crippen LogP contribution in [0.25, 0.3) is 10.8 Å². The first-order valence-electron chi connectivity index (χ1n) is 8.06. The molecule has 1 heterocycles. The summed E-state index contributed by atoms with van der Waals surface area (Å²) in [6.45, 7) is 0. The van der Waals surface area contributed by atoms with Crippen molar-refractivity contribution in [1.82, 2.24) is 9.97 Å². The molecule has 0 spiro atoms. The van der Waals surface area contributed by atoms with Crippen LogP contribution in [0.15, 0.2) is 79.4 Å². The number of rotatable bonds is 4. The summed E-state index contributed by atoms with van der Waals surface area (Å²) in [5.74, 6) is 0.554. The maximum atomic E-state index is 6.33. The predicted molar refractivity (Wildman–Crippen MR) is 105 cm³/mol. The zero-order chi connectivity index (χ0) is 17.9. The Morgan fingerprint density at radius 1 is 0.846 bits per heavy atom. The van der Waals surface area contributed by atoms with E-state index < -0.39 is 6.10 Å². The number of fused-ring (bicyclic) bond motifs is 1. The highest BCUT2D eigenvalue weighted by atomic mass is 35.5. The normalized spacial score (nSPS) is 12.1. The average molecular weight is 381 g/mol. The molecular weight excluding hydrogens is 367 g/mol. The van der Waals surface area contributed by atoms with Crippen molar-refractivity contribution in [1.29, 1.82) is 0 Å². The van der Waals surface area contributed by atoms with Gasteiger partial charge >= 0.3 is 0 Å². The lowest BCUT2D eigenvalue weighted by Crippen LogP contribution is -2.11. The van der Waals surface area contributed by atoms with E-state index in [1.165, 1.54) is 6.33 Å². The molecule has 1 aromatic heterocycles. The zero-order valence-corrected chi connectivity index (χ0v) is 15.2. The van der Waals surface area contributed by atoms with Crippen LogP contribution in [0, 0.1) is 0 Å². The standard InChI is InChI=1S/C21H14Cl2N2O/c22-16-8-9-20(19(23)10-16)26-21(15-11-24-13-25-12-15)18-7-3-5-14-4-1-2-6-17(14)18/h1-13,21H. The molecule has 26 heavy (non-hydrogen) atoms. The first kappa shape index (κ1) is 16.8. The summed E-state index contributed by atoms with van der Waals surface area (Å²) < 4.78 is 6.31. The van der Waals surface area contributed by atoms with E-state index in [0.717, 1.165) is 21.9 Å². The molecule has 0 fully saturated rings. The molecule has 4 aromatic rings. The van der Waals surface area contributed by atoms with Crippen molar-refractivity contribution in [2.45, 2.75) is 6.10 Å². The number of hydrogen-bond donors (Lipinski definition) is 0. The van der Waals surface area contributed by atoms with Gasteiger partial charge in [0.1, 0.15) is 12.1 Å². The average Bonchev–Trinajstić information content (AvgIpc) is 2.68. The monoisotopic (exact) mass is 380 g/mol. The van der Waals surface area contributed by atoms with Crippen LogP contribution < -0.4 is 4.74 Å². The van der Waals surface area contributed by atoms with Gasteiger partial charge < -0.3 is 4.74 Å². The zero-order valence-electron chi connectivity index (χ0n) is 13.6. The Morgan fingerprint density at radius 3 is 2.42 bits per heavy atom. The highest BCUT2D eigenvalue weighted by Gasteiger charge is 2.20. The minimum Gasteiger partial charge on any atom is -0.479 e. The van der Waals surface area contributed by atoms with Gasteiger partial charge in [-0.15, -0.1) is 0 Å². The summed E-state index contributed by atoms with van der Waals surface area (Å²) >= 11 is 12.3. The van der Waals surface area contributed by atoms with Crippen LogP contribution in [0.4, 0.5) is 0 Å². The van der Waals surface area contributed by atoms with E-state index in [-0.39, 0.29) is 0 Å². The number of ether oxygens (including phenoxy) is 1. The summed E-state index contributed by atoms with van der Waals surface area (Å²) in [7, 11) is 0. The van der Waals surface area contributed by atoms with Gasteiger partial charge in [0.05, 0.1) is 5.02 Å². The molecule has 0 amide bonds. The molecule has 0 saturated heterocycles. The molecule has 0 aliphatic rings. The van der Waals surface area contributed by atoms with Crippen molar-refractivity contribution < 1.29 is 4.74 Å². The molecule has 1 atom stereocenters. The lowest BCUT2D eigenvalue weighted by Gasteiger charge is -2.22. The van der Waals surface area contributed by atoms with Crippen molar-refractivity contribution in [2.24, 2.45) is 0 Å². The second kappa shape index (κ2) is 7.32. The van der Waals surface area contributed by atoms with E-state index in [1.54, 1.807) is 30.6 Å². The van der Waals surface area contributed by atoms with E-state index in [2.05, 4.69) is 28.2 Å². The van der Waals surface area contributed by atoms with Crippen LogP contribution in [-0.2, 0) is 0 Å². The van der Waals surface area contributed by atoms with Gasteiger partial charge in [0.25, 0.3) is 0 Å². The highest BCUT2D eigenvalue weighted by molar-refractivity contribution is 6.35. The molecule has 3 nitrogen and oxygen atoms in total. The van der Waals surface area contributed by atoms with Crippen LogP contribution in [0.1, 0.15) is 17.2 Å². The fourth-order valence-electron chi connectivity index (χ4n) is 2.93. The Labute approximate surface area is 161 Å². The van der Waals surface area contributed by atoms with Gasteiger partial charge in [0.2, 0.25) is 0 Å². The summed E-state index contributed by atoms with van der Waals surface area (Å²) in [4.78, 5) is 8.29. The third-order valence-electron chi connectivity index (χ3n) is 4.13. The van der Waals surface area contributed by atoms with Crippen molar-refractivity contribution in [3.63, 3.8) is 0 Å². The Morgan fingerprint density at radius 2 is 1.62 bits per heavy atom. The molecule has 0 N–H and O–H groups in total. The predicted octanol–water partition coefficient (Wildman–Crippen LogP) is 6.11. The first-order chi connectivity index (χ1) is 12.7. The smallest absolute Gasteiger partial charge is 0.152 e. The third-order valence-corrected chi connectivity index (χ3v) is 4.66. The molecule has 0 saturated carbocycles. The lowest BCUT2D eigenvalue weighted by atomic mass is 9.97. The molecule has 3 aromatic carbocycles.